The summed E-state index contributed by atoms with van der Waals surface area (Å²) in [6, 6.07) is 41.7. The minimum absolute atomic E-state index is 0.0101. The minimum Gasteiger partial charge on any atom is -0.507 e. The maximum atomic E-state index is 13.7. The van der Waals surface area contributed by atoms with Gasteiger partial charge in [-0.1, -0.05) is 149 Å². The second-order valence-corrected chi connectivity index (χ2v) is 11.9. The van der Waals surface area contributed by atoms with Crippen molar-refractivity contribution < 1.29 is 9.90 Å². The molecule has 1 N–H and O–H groups in total. The molecule has 0 aliphatic rings. The number of phenolic OH excluding ortho intramolecular Hbond substituents is 1. The first-order valence-corrected chi connectivity index (χ1v) is 16.1. The van der Waals surface area contributed by atoms with Gasteiger partial charge >= 0.3 is 0 Å². The number of Topliss-reactive ketones (excluding diaryl/α,β-unsaturated/α-hetero) is 1. The van der Waals surface area contributed by atoms with E-state index in [9.17, 15) is 9.90 Å². The quantitative estimate of drug-likeness (QED) is 0.116. The van der Waals surface area contributed by atoms with Gasteiger partial charge in [0.1, 0.15) is 5.75 Å². The van der Waals surface area contributed by atoms with Crippen molar-refractivity contribution in [1.82, 2.24) is 0 Å². The van der Waals surface area contributed by atoms with E-state index >= 15 is 0 Å². The van der Waals surface area contributed by atoms with Crippen LogP contribution in [0.15, 0.2) is 121 Å². The van der Waals surface area contributed by atoms with E-state index in [1.807, 2.05) is 36.4 Å². The Morgan fingerprint density at radius 3 is 1.80 bits per heavy atom. The summed E-state index contributed by atoms with van der Waals surface area (Å²) in [6.07, 6.45) is 8.49. The van der Waals surface area contributed by atoms with Crippen LogP contribution >= 0.6 is 0 Å². The third-order valence-corrected chi connectivity index (χ3v) is 8.78. The van der Waals surface area contributed by atoms with Crippen LogP contribution in [0.1, 0.15) is 68.6 Å². The molecule has 0 saturated heterocycles. The Kier molecular flexibility index (Phi) is 9.17. The number of carbonyl (C=O) groups is 1. The summed E-state index contributed by atoms with van der Waals surface area (Å²) in [7, 11) is 0. The van der Waals surface area contributed by atoms with Crippen molar-refractivity contribution in [3.8, 4) is 39.1 Å². The normalized spacial score (nSPS) is 11.3. The maximum absolute atomic E-state index is 13.7. The van der Waals surface area contributed by atoms with Crippen molar-refractivity contribution in [3.05, 3.63) is 127 Å². The zero-order valence-corrected chi connectivity index (χ0v) is 25.6. The summed E-state index contributed by atoms with van der Waals surface area (Å²) in [6.45, 7) is 2.23. The molecule has 0 aliphatic heterocycles. The largest absolute Gasteiger partial charge is 0.507 e. The average molecular weight is 577 g/mol. The van der Waals surface area contributed by atoms with E-state index in [4.69, 9.17) is 0 Å². The maximum Gasteiger partial charge on any atom is 0.166 e. The van der Waals surface area contributed by atoms with E-state index in [2.05, 4.69) is 91.9 Å². The Morgan fingerprint density at radius 1 is 0.545 bits per heavy atom. The molecule has 0 unspecified atom stereocenters. The highest BCUT2D eigenvalue weighted by molar-refractivity contribution is 6.13. The lowest BCUT2D eigenvalue weighted by molar-refractivity contribution is 0.0976. The predicted molar refractivity (Wildman–Crippen MR) is 186 cm³/mol. The van der Waals surface area contributed by atoms with Gasteiger partial charge in [0.15, 0.2) is 5.78 Å². The van der Waals surface area contributed by atoms with Crippen molar-refractivity contribution in [2.45, 2.75) is 58.3 Å². The van der Waals surface area contributed by atoms with Gasteiger partial charge in [0.05, 0.1) is 5.56 Å². The number of hydrogen-bond donors (Lipinski definition) is 1. The zero-order valence-electron chi connectivity index (χ0n) is 25.6. The molecule has 0 aliphatic carbocycles. The molecule has 44 heavy (non-hydrogen) atoms. The zero-order chi connectivity index (χ0) is 30.3. The summed E-state index contributed by atoms with van der Waals surface area (Å²) in [5.74, 6) is 0.0912. The van der Waals surface area contributed by atoms with Crippen molar-refractivity contribution in [2.75, 3.05) is 0 Å². The number of phenols is 1. The number of carbonyl (C=O) groups excluding carboxylic acids is 1. The molecule has 0 heterocycles. The fourth-order valence-electron chi connectivity index (χ4n) is 6.38. The first-order valence-electron chi connectivity index (χ1n) is 16.1. The van der Waals surface area contributed by atoms with Gasteiger partial charge in [-0.05, 0) is 74.0 Å². The molecule has 0 amide bonds. The molecule has 0 aromatic heterocycles. The summed E-state index contributed by atoms with van der Waals surface area (Å²) >= 11 is 0. The molecule has 0 radical (unpaired) electrons. The van der Waals surface area contributed by atoms with Gasteiger partial charge in [0.25, 0.3) is 0 Å². The van der Waals surface area contributed by atoms with E-state index in [-0.39, 0.29) is 11.5 Å². The van der Waals surface area contributed by atoms with Crippen LogP contribution in [0.4, 0.5) is 0 Å². The monoisotopic (exact) mass is 576 g/mol. The minimum atomic E-state index is 0.0101. The second-order valence-electron chi connectivity index (χ2n) is 11.9. The van der Waals surface area contributed by atoms with E-state index < -0.39 is 0 Å². The van der Waals surface area contributed by atoms with E-state index in [1.54, 1.807) is 0 Å². The van der Waals surface area contributed by atoms with Gasteiger partial charge in [-0.15, -0.1) is 0 Å². The van der Waals surface area contributed by atoms with Crippen molar-refractivity contribution in [1.29, 1.82) is 0 Å². The summed E-state index contributed by atoms with van der Waals surface area (Å²) in [5, 5.41) is 15.9. The number of aromatic hydroxyl groups is 1. The van der Waals surface area contributed by atoms with Crippen LogP contribution in [-0.2, 0) is 0 Å². The fraction of sp³-hybridized carbons (Fsp3) is 0.214. The number of ketones is 1. The molecular weight excluding hydrogens is 536 g/mol. The van der Waals surface area contributed by atoms with Crippen molar-refractivity contribution in [2.24, 2.45) is 0 Å². The third-order valence-electron chi connectivity index (χ3n) is 8.78. The Morgan fingerprint density at radius 2 is 1.14 bits per heavy atom. The van der Waals surface area contributed by atoms with E-state index in [1.165, 1.54) is 31.2 Å². The number of benzene rings is 6. The average Bonchev–Trinajstić information content (AvgIpc) is 3.07. The predicted octanol–water partition coefficient (Wildman–Crippen LogP) is 12.0. The summed E-state index contributed by atoms with van der Waals surface area (Å²) < 4.78 is 0. The van der Waals surface area contributed by atoms with Crippen molar-refractivity contribution >= 4 is 27.3 Å². The summed E-state index contributed by atoms with van der Waals surface area (Å²) in [4.78, 5) is 13.7. The Bertz CT molecular complexity index is 1890. The standard InChI is InChI=1S/C42H40O2/c1-2-3-4-5-6-7-14-22-40(43)39-29-35-28-33(31-18-12-9-13-19-31)24-26-37(35)41(42(39)44)38-21-15-20-34-27-32(23-25-36(34)38)30-16-10-8-11-17-30/h8-13,15-21,23-29,44H,2-7,14,22H2,1H3. The third kappa shape index (κ3) is 6.31. The molecule has 6 aromatic rings. The molecule has 2 nitrogen and oxygen atoms in total. The van der Waals surface area contributed by atoms with Gasteiger partial charge < -0.3 is 5.11 Å². The number of rotatable bonds is 12. The summed E-state index contributed by atoms with van der Waals surface area (Å²) in [5.41, 5.74) is 6.60. The van der Waals surface area contributed by atoms with Crippen LogP contribution in [0.5, 0.6) is 5.75 Å². The van der Waals surface area contributed by atoms with E-state index in [0.717, 1.165) is 68.6 Å². The first kappa shape index (κ1) is 29.4. The molecule has 0 saturated carbocycles. The van der Waals surface area contributed by atoms with Crippen molar-refractivity contribution in [3.63, 3.8) is 0 Å². The molecule has 6 rings (SSSR count). The molecular formula is C42H40O2. The van der Waals surface area contributed by atoms with E-state index in [0.29, 0.717) is 12.0 Å². The van der Waals surface area contributed by atoms with Crippen LogP contribution in [-0.4, -0.2) is 10.9 Å². The molecule has 0 atom stereocenters. The fourth-order valence-corrected chi connectivity index (χ4v) is 6.38. The Balaban J connectivity index is 1.43. The highest BCUT2D eigenvalue weighted by Crippen LogP contribution is 2.44. The van der Waals surface area contributed by atoms with Crippen LogP contribution in [0.3, 0.4) is 0 Å². The molecule has 0 fully saturated rings. The van der Waals surface area contributed by atoms with Crippen LogP contribution < -0.4 is 0 Å². The highest BCUT2D eigenvalue weighted by atomic mass is 16.3. The first-order chi connectivity index (χ1) is 21.6. The van der Waals surface area contributed by atoms with Gasteiger partial charge in [0.2, 0.25) is 0 Å². The molecule has 2 heteroatoms. The van der Waals surface area contributed by atoms with Crippen LogP contribution in [0.25, 0.3) is 54.9 Å². The lowest BCUT2D eigenvalue weighted by atomic mass is 9.88. The highest BCUT2D eigenvalue weighted by Gasteiger charge is 2.21. The van der Waals surface area contributed by atoms with Gasteiger partial charge in [-0.2, -0.15) is 0 Å². The van der Waals surface area contributed by atoms with Crippen LogP contribution in [0, 0.1) is 0 Å². The number of unbranched alkanes of at least 4 members (excludes halogenated alkanes) is 6. The second kappa shape index (κ2) is 13.7. The molecule has 220 valence electrons. The van der Waals surface area contributed by atoms with Crippen LogP contribution in [0.2, 0.25) is 0 Å². The Hall–Kier alpha value is -4.69. The van der Waals surface area contributed by atoms with Gasteiger partial charge in [-0.25, -0.2) is 0 Å². The van der Waals surface area contributed by atoms with Gasteiger partial charge in [0, 0.05) is 12.0 Å². The number of fused-ring (bicyclic) bond motifs is 2. The number of hydrogen-bond acceptors (Lipinski definition) is 2. The Labute approximate surface area is 261 Å². The smallest absolute Gasteiger partial charge is 0.166 e. The lowest BCUT2D eigenvalue weighted by Crippen LogP contribution is -2.01. The lowest BCUT2D eigenvalue weighted by Gasteiger charge is -2.17. The molecule has 0 bridgehead atoms. The SMILES string of the molecule is CCCCCCCCCC(=O)c1cc2cc(-c3ccccc3)ccc2c(-c2cccc3cc(-c4ccccc4)ccc23)c1O. The topological polar surface area (TPSA) is 37.3 Å². The van der Waals surface area contributed by atoms with Gasteiger partial charge in [-0.3, -0.25) is 4.79 Å². The molecule has 6 aromatic carbocycles. The molecule has 0 spiro atoms.